The first-order valence-electron chi connectivity index (χ1n) is 6.62. The number of benzene rings is 1. The number of hydrogen-bond donors (Lipinski definition) is 3. The highest BCUT2D eigenvalue weighted by atomic mass is 35.5. The average Bonchev–Trinajstić information content (AvgIpc) is 2.78. The predicted molar refractivity (Wildman–Crippen MR) is 82.1 cm³/mol. The SMILES string of the molecule is NC1(CC(=O)Nc2c(Cl)cc(Cl)cc2C(=O)O)CCCC1. The molecule has 1 aliphatic carbocycles. The molecule has 0 spiro atoms. The van der Waals surface area contributed by atoms with Gasteiger partial charge in [0.1, 0.15) is 0 Å². The number of halogens is 2. The average molecular weight is 331 g/mol. The zero-order valence-corrected chi connectivity index (χ0v) is 12.8. The fourth-order valence-electron chi connectivity index (χ4n) is 2.63. The van der Waals surface area contributed by atoms with Crippen molar-refractivity contribution >= 4 is 40.8 Å². The Hall–Kier alpha value is -1.30. The van der Waals surface area contributed by atoms with Gasteiger partial charge in [0.2, 0.25) is 5.91 Å². The van der Waals surface area contributed by atoms with Crippen LogP contribution in [0.25, 0.3) is 0 Å². The Kier molecular flexibility index (Phi) is 4.76. The zero-order valence-electron chi connectivity index (χ0n) is 11.3. The van der Waals surface area contributed by atoms with Gasteiger partial charge in [-0.15, -0.1) is 0 Å². The van der Waals surface area contributed by atoms with Gasteiger partial charge in [0.25, 0.3) is 0 Å². The second kappa shape index (κ2) is 6.22. The molecule has 0 aliphatic heterocycles. The summed E-state index contributed by atoms with van der Waals surface area (Å²) in [6.07, 6.45) is 3.74. The van der Waals surface area contributed by atoms with E-state index in [4.69, 9.17) is 34.0 Å². The number of carboxylic acid groups (broad SMARTS) is 1. The monoisotopic (exact) mass is 330 g/mol. The maximum Gasteiger partial charge on any atom is 0.337 e. The molecular weight excluding hydrogens is 315 g/mol. The van der Waals surface area contributed by atoms with Gasteiger partial charge in [-0.2, -0.15) is 0 Å². The Morgan fingerprint density at radius 2 is 1.90 bits per heavy atom. The number of amides is 1. The third kappa shape index (κ3) is 3.87. The van der Waals surface area contributed by atoms with Crippen LogP contribution in [-0.4, -0.2) is 22.5 Å². The van der Waals surface area contributed by atoms with E-state index in [9.17, 15) is 9.59 Å². The number of carbonyl (C=O) groups excluding carboxylic acids is 1. The molecule has 1 saturated carbocycles. The second-order valence-corrected chi connectivity index (χ2v) is 6.25. The number of nitrogens with two attached hydrogens (primary N) is 1. The summed E-state index contributed by atoms with van der Waals surface area (Å²) in [5.74, 6) is -1.55. The van der Waals surface area contributed by atoms with Crippen LogP contribution in [-0.2, 0) is 4.79 Å². The molecule has 0 heterocycles. The first kappa shape index (κ1) is 16.1. The van der Waals surface area contributed by atoms with Gasteiger partial charge in [0.05, 0.1) is 16.3 Å². The van der Waals surface area contributed by atoms with Crippen LogP contribution in [0.3, 0.4) is 0 Å². The van der Waals surface area contributed by atoms with Crippen LogP contribution in [0.2, 0.25) is 10.0 Å². The van der Waals surface area contributed by atoms with Crippen molar-refractivity contribution in [3.8, 4) is 0 Å². The van der Waals surface area contributed by atoms with E-state index in [0.29, 0.717) is 0 Å². The number of hydrogen-bond acceptors (Lipinski definition) is 3. The van der Waals surface area contributed by atoms with E-state index < -0.39 is 11.5 Å². The topological polar surface area (TPSA) is 92.4 Å². The van der Waals surface area contributed by atoms with Crippen molar-refractivity contribution in [1.82, 2.24) is 0 Å². The minimum atomic E-state index is -1.21. The van der Waals surface area contributed by atoms with Crippen molar-refractivity contribution in [1.29, 1.82) is 0 Å². The van der Waals surface area contributed by atoms with Crippen LogP contribution in [0.1, 0.15) is 42.5 Å². The van der Waals surface area contributed by atoms with Gasteiger partial charge >= 0.3 is 5.97 Å². The van der Waals surface area contributed by atoms with Gasteiger partial charge < -0.3 is 16.2 Å². The van der Waals surface area contributed by atoms with Gasteiger partial charge in [-0.25, -0.2) is 4.79 Å². The molecule has 5 nitrogen and oxygen atoms in total. The van der Waals surface area contributed by atoms with E-state index in [2.05, 4.69) is 5.32 Å². The molecule has 0 saturated heterocycles. The van der Waals surface area contributed by atoms with Crippen LogP contribution in [0.5, 0.6) is 0 Å². The molecule has 1 amide bonds. The molecule has 7 heteroatoms. The van der Waals surface area contributed by atoms with Crippen molar-refractivity contribution in [3.05, 3.63) is 27.7 Å². The third-order valence-electron chi connectivity index (χ3n) is 3.66. The van der Waals surface area contributed by atoms with Gasteiger partial charge in [-0.3, -0.25) is 4.79 Å². The molecule has 0 aromatic heterocycles. The Balaban J connectivity index is 2.19. The highest BCUT2D eigenvalue weighted by molar-refractivity contribution is 6.37. The number of carboxylic acids is 1. The van der Waals surface area contributed by atoms with Crippen molar-refractivity contribution in [3.63, 3.8) is 0 Å². The predicted octanol–water partition coefficient (Wildman–Crippen LogP) is 3.29. The molecule has 1 aliphatic rings. The van der Waals surface area contributed by atoms with E-state index in [-0.39, 0.29) is 33.6 Å². The summed E-state index contributed by atoms with van der Waals surface area (Å²) >= 11 is 11.8. The van der Waals surface area contributed by atoms with E-state index in [1.165, 1.54) is 12.1 Å². The zero-order chi connectivity index (χ0) is 15.6. The largest absolute Gasteiger partial charge is 0.478 e. The maximum atomic E-state index is 12.1. The van der Waals surface area contributed by atoms with Crippen LogP contribution >= 0.6 is 23.2 Å². The molecule has 114 valence electrons. The van der Waals surface area contributed by atoms with Crippen LogP contribution in [0, 0.1) is 0 Å². The smallest absolute Gasteiger partial charge is 0.337 e. The highest BCUT2D eigenvalue weighted by Gasteiger charge is 2.32. The molecular formula is C14H16Cl2N2O3. The number of anilines is 1. The molecule has 1 aromatic carbocycles. The second-order valence-electron chi connectivity index (χ2n) is 5.41. The Morgan fingerprint density at radius 1 is 1.29 bits per heavy atom. The van der Waals surface area contributed by atoms with E-state index in [1.807, 2.05) is 0 Å². The Labute approximate surface area is 132 Å². The molecule has 0 atom stereocenters. The fraction of sp³-hybridized carbons (Fsp3) is 0.429. The lowest BCUT2D eigenvalue weighted by Crippen LogP contribution is -2.40. The summed E-state index contributed by atoms with van der Waals surface area (Å²) in [7, 11) is 0. The summed E-state index contributed by atoms with van der Waals surface area (Å²) in [5, 5.41) is 12.0. The van der Waals surface area contributed by atoms with E-state index in [0.717, 1.165) is 25.7 Å². The molecule has 1 fully saturated rings. The molecule has 0 bridgehead atoms. The van der Waals surface area contributed by atoms with Crippen molar-refractivity contribution in [2.45, 2.75) is 37.6 Å². The number of nitrogens with one attached hydrogen (secondary N) is 1. The summed E-state index contributed by atoms with van der Waals surface area (Å²) in [6, 6.07) is 2.64. The van der Waals surface area contributed by atoms with Crippen molar-refractivity contribution in [2.75, 3.05) is 5.32 Å². The van der Waals surface area contributed by atoms with Gasteiger partial charge in [0, 0.05) is 17.0 Å². The van der Waals surface area contributed by atoms with Gasteiger partial charge in [-0.1, -0.05) is 36.0 Å². The minimum absolute atomic E-state index is 0.0557. The van der Waals surface area contributed by atoms with E-state index in [1.54, 1.807) is 0 Å². The summed E-state index contributed by atoms with van der Waals surface area (Å²) in [4.78, 5) is 23.3. The van der Waals surface area contributed by atoms with Crippen LogP contribution in [0.15, 0.2) is 12.1 Å². The van der Waals surface area contributed by atoms with Gasteiger partial charge in [0.15, 0.2) is 0 Å². The van der Waals surface area contributed by atoms with Crippen molar-refractivity contribution in [2.24, 2.45) is 5.73 Å². The van der Waals surface area contributed by atoms with Gasteiger partial charge in [-0.05, 0) is 25.0 Å². The summed E-state index contributed by atoms with van der Waals surface area (Å²) in [6.45, 7) is 0. The highest BCUT2D eigenvalue weighted by Crippen LogP contribution is 2.33. The lowest BCUT2D eigenvalue weighted by Gasteiger charge is -2.23. The number of rotatable bonds is 4. The van der Waals surface area contributed by atoms with E-state index >= 15 is 0 Å². The summed E-state index contributed by atoms with van der Waals surface area (Å²) < 4.78 is 0. The molecule has 2 rings (SSSR count). The number of carbonyl (C=O) groups is 2. The lowest BCUT2D eigenvalue weighted by atomic mass is 9.94. The normalized spacial score (nSPS) is 16.7. The number of aromatic carboxylic acids is 1. The fourth-order valence-corrected chi connectivity index (χ4v) is 3.17. The Morgan fingerprint density at radius 3 is 2.48 bits per heavy atom. The standard InChI is InChI=1S/C14H16Cl2N2O3/c15-8-5-9(13(20)21)12(10(16)6-8)18-11(19)7-14(17)3-1-2-4-14/h5-6H,1-4,7,17H2,(H,18,19)(H,20,21). The first-order valence-corrected chi connectivity index (χ1v) is 7.37. The molecule has 21 heavy (non-hydrogen) atoms. The van der Waals surface area contributed by atoms with Crippen LogP contribution < -0.4 is 11.1 Å². The van der Waals surface area contributed by atoms with Crippen molar-refractivity contribution < 1.29 is 14.7 Å². The molecule has 4 N–H and O–H groups in total. The third-order valence-corrected chi connectivity index (χ3v) is 4.18. The minimum Gasteiger partial charge on any atom is -0.478 e. The first-order chi connectivity index (χ1) is 9.81. The lowest BCUT2D eigenvalue weighted by molar-refractivity contribution is -0.117. The van der Waals surface area contributed by atoms with Crippen LogP contribution in [0.4, 0.5) is 5.69 Å². The maximum absolute atomic E-state index is 12.1. The molecule has 0 unspecified atom stereocenters. The quantitative estimate of drug-likeness (QED) is 0.789. The Bertz CT molecular complexity index is 584. The molecule has 1 aromatic rings. The summed E-state index contributed by atoms with van der Waals surface area (Å²) in [5.41, 5.74) is 5.55. The molecule has 0 radical (unpaired) electrons.